The fourth-order valence-electron chi connectivity index (χ4n) is 1.80. The van der Waals surface area contributed by atoms with Gasteiger partial charge in [-0.15, -0.1) is 0 Å². The zero-order valence-corrected chi connectivity index (χ0v) is 10.9. The molecule has 21 heavy (non-hydrogen) atoms. The van der Waals surface area contributed by atoms with E-state index in [1.165, 1.54) is 24.3 Å². The molecule has 110 valence electrons. The van der Waals surface area contributed by atoms with Crippen LogP contribution in [0, 0.1) is 6.92 Å². The van der Waals surface area contributed by atoms with E-state index in [2.05, 4.69) is 0 Å². The zero-order chi connectivity index (χ0) is 15.6. The van der Waals surface area contributed by atoms with Gasteiger partial charge >= 0.3 is 12.1 Å². The van der Waals surface area contributed by atoms with Crippen molar-refractivity contribution in [3.05, 3.63) is 59.2 Å². The van der Waals surface area contributed by atoms with Gasteiger partial charge in [-0.05, 0) is 43.3 Å². The number of halogens is 3. The predicted octanol–water partition coefficient (Wildman–Crippen LogP) is 4.50. The molecule has 0 unspecified atom stereocenters. The first-order valence-electron chi connectivity index (χ1n) is 5.97. The molecule has 3 nitrogen and oxygen atoms in total. The lowest BCUT2D eigenvalue weighted by Crippen LogP contribution is -2.04. The van der Waals surface area contributed by atoms with Crippen LogP contribution in [0.1, 0.15) is 21.5 Å². The molecule has 2 aromatic carbocycles. The molecule has 0 aliphatic rings. The second kappa shape index (κ2) is 5.47. The predicted molar refractivity (Wildman–Crippen MR) is 69.7 cm³/mol. The van der Waals surface area contributed by atoms with Crippen LogP contribution in [0.15, 0.2) is 42.5 Å². The number of rotatable bonds is 3. The lowest BCUT2D eigenvalue weighted by molar-refractivity contribution is -0.137. The lowest BCUT2D eigenvalue weighted by atomic mass is 10.1. The molecule has 0 bridgehead atoms. The van der Waals surface area contributed by atoms with Crippen LogP contribution in [0.5, 0.6) is 11.5 Å². The zero-order valence-electron chi connectivity index (χ0n) is 10.9. The molecule has 0 aliphatic heterocycles. The Kier molecular flexibility index (Phi) is 3.88. The number of alkyl halides is 3. The Balaban J connectivity index is 2.27. The highest BCUT2D eigenvalue weighted by molar-refractivity contribution is 5.90. The Hall–Kier alpha value is -2.50. The van der Waals surface area contributed by atoms with Crippen molar-refractivity contribution < 1.29 is 27.8 Å². The highest BCUT2D eigenvalue weighted by Crippen LogP contribution is 2.32. The van der Waals surface area contributed by atoms with Crippen molar-refractivity contribution in [2.45, 2.75) is 13.1 Å². The number of hydrogen-bond donors (Lipinski definition) is 1. The van der Waals surface area contributed by atoms with Crippen molar-refractivity contribution in [3.63, 3.8) is 0 Å². The monoisotopic (exact) mass is 296 g/mol. The second-order valence-electron chi connectivity index (χ2n) is 4.36. The quantitative estimate of drug-likeness (QED) is 0.906. The Morgan fingerprint density at radius 1 is 1.10 bits per heavy atom. The van der Waals surface area contributed by atoms with Crippen molar-refractivity contribution in [1.82, 2.24) is 0 Å². The van der Waals surface area contributed by atoms with E-state index in [1.807, 2.05) is 0 Å². The van der Waals surface area contributed by atoms with Crippen molar-refractivity contribution in [2.24, 2.45) is 0 Å². The summed E-state index contributed by atoms with van der Waals surface area (Å²) in [4.78, 5) is 11.0. The number of carboxylic acid groups (broad SMARTS) is 1. The topological polar surface area (TPSA) is 46.5 Å². The van der Waals surface area contributed by atoms with Gasteiger partial charge in [0, 0.05) is 5.56 Å². The van der Waals surface area contributed by atoms with E-state index >= 15 is 0 Å². The molecule has 0 aromatic heterocycles. The van der Waals surface area contributed by atoms with Gasteiger partial charge in [-0.25, -0.2) is 4.79 Å². The third-order valence-electron chi connectivity index (χ3n) is 2.92. The van der Waals surface area contributed by atoms with Gasteiger partial charge in [0.2, 0.25) is 0 Å². The van der Waals surface area contributed by atoms with E-state index in [0.717, 1.165) is 12.1 Å². The van der Waals surface area contributed by atoms with Crippen molar-refractivity contribution in [3.8, 4) is 11.5 Å². The van der Waals surface area contributed by atoms with Crippen molar-refractivity contribution in [2.75, 3.05) is 0 Å². The third-order valence-corrected chi connectivity index (χ3v) is 2.92. The first-order chi connectivity index (χ1) is 9.79. The van der Waals surface area contributed by atoms with Gasteiger partial charge in [0.05, 0.1) is 11.1 Å². The summed E-state index contributed by atoms with van der Waals surface area (Å²) in [6.07, 6.45) is -4.41. The first kappa shape index (κ1) is 14.9. The lowest BCUT2D eigenvalue weighted by Gasteiger charge is -2.11. The maximum absolute atomic E-state index is 12.4. The molecule has 0 fully saturated rings. The van der Waals surface area contributed by atoms with E-state index in [9.17, 15) is 18.0 Å². The highest BCUT2D eigenvalue weighted by atomic mass is 19.4. The number of carbonyl (C=O) groups is 1. The van der Waals surface area contributed by atoms with Crippen LogP contribution in [-0.2, 0) is 6.18 Å². The molecule has 2 rings (SSSR count). The summed E-state index contributed by atoms with van der Waals surface area (Å²) in [5, 5.41) is 9.00. The van der Waals surface area contributed by atoms with Crippen molar-refractivity contribution in [1.29, 1.82) is 0 Å². The molecule has 0 spiro atoms. The Morgan fingerprint density at radius 3 is 2.24 bits per heavy atom. The van der Waals surface area contributed by atoms with Gasteiger partial charge in [0.25, 0.3) is 0 Å². The molecular formula is C15H11F3O3. The van der Waals surface area contributed by atoms with Gasteiger partial charge in [0.1, 0.15) is 11.5 Å². The third kappa shape index (κ3) is 3.34. The minimum absolute atomic E-state index is 0.0828. The molecule has 2 aromatic rings. The van der Waals surface area contributed by atoms with Gasteiger partial charge < -0.3 is 9.84 Å². The van der Waals surface area contributed by atoms with Crippen LogP contribution < -0.4 is 4.74 Å². The van der Waals surface area contributed by atoms with Crippen LogP contribution in [0.2, 0.25) is 0 Å². The molecule has 0 radical (unpaired) electrons. The molecule has 0 aliphatic carbocycles. The summed E-state index contributed by atoms with van der Waals surface area (Å²) in [6, 6.07) is 8.69. The summed E-state index contributed by atoms with van der Waals surface area (Å²) in [5.41, 5.74) is -0.282. The number of ether oxygens (including phenoxy) is 1. The van der Waals surface area contributed by atoms with Crippen LogP contribution in [0.3, 0.4) is 0 Å². The average Bonchev–Trinajstić information content (AvgIpc) is 2.40. The molecule has 0 atom stereocenters. The van der Waals surface area contributed by atoms with Crippen molar-refractivity contribution >= 4 is 5.97 Å². The number of aromatic carboxylic acids is 1. The van der Waals surface area contributed by atoms with E-state index in [4.69, 9.17) is 9.84 Å². The fraction of sp³-hybridized carbons (Fsp3) is 0.133. The first-order valence-corrected chi connectivity index (χ1v) is 5.97. The molecule has 0 amide bonds. The van der Waals surface area contributed by atoms with Crippen LogP contribution in [-0.4, -0.2) is 11.1 Å². The SMILES string of the molecule is Cc1c(Oc2ccc(C(F)(F)F)cc2)cccc1C(=O)O. The summed E-state index contributed by atoms with van der Waals surface area (Å²) in [7, 11) is 0. The largest absolute Gasteiger partial charge is 0.478 e. The smallest absolute Gasteiger partial charge is 0.416 e. The summed E-state index contributed by atoms with van der Waals surface area (Å²) < 4.78 is 42.8. The van der Waals surface area contributed by atoms with E-state index < -0.39 is 17.7 Å². The van der Waals surface area contributed by atoms with E-state index in [0.29, 0.717) is 5.56 Å². The Morgan fingerprint density at radius 2 is 1.71 bits per heavy atom. The number of carboxylic acids is 1. The summed E-state index contributed by atoms with van der Waals surface area (Å²) >= 11 is 0. The maximum atomic E-state index is 12.4. The van der Waals surface area contributed by atoms with Gasteiger partial charge in [0.15, 0.2) is 0 Å². The summed E-state index contributed by atoms with van der Waals surface area (Å²) in [5.74, 6) is -0.603. The minimum atomic E-state index is -4.41. The van der Waals surface area contributed by atoms with Crippen LogP contribution in [0.25, 0.3) is 0 Å². The highest BCUT2D eigenvalue weighted by Gasteiger charge is 2.30. The molecule has 6 heteroatoms. The normalized spacial score (nSPS) is 11.2. The maximum Gasteiger partial charge on any atom is 0.416 e. The molecule has 0 saturated heterocycles. The number of hydrogen-bond acceptors (Lipinski definition) is 2. The Labute approximate surface area is 118 Å². The van der Waals surface area contributed by atoms with E-state index in [-0.39, 0.29) is 17.1 Å². The molecule has 0 heterocycles. The number of benzene rings is 2. The molecule has 1 N–H and O–H groups in total. The second-order valence-corrected chi connectivity index (χ2v) is 4.36. The van der Waals surface area contributed by atoms with Crippen LogP contribution >= 0.6 is 0 Å². The van der Waals surface area contributed by atoms with E-state index in [1.54, 1.807) is 13.0 Å². The minimum Gasteiger partial charge on any atom is -0.478 e. The molecule has 0 saturated carbocycles. The van der Waals surface area contributed by atoms with Gasteiger partial charge in [-0.3, -0.25) is 0 Å². The Bertz CT molecular complexity index is 661. The van der Waals surface area contributed by atoms with Crippen LogP contribution in [0.4, 0.5) is 13.2 Å². The molecular weight excluding hydrogens is 285 g/mol. The summed E-state index contributed by atoms with van der Waals surface area (Å²) in [6.45, 7) is 1.57. The average molecular weight is 296 g/mol. The van der Waals surface area contributed by atoms with Gasteiger partial charge in [-0.2, -0.15) is 13.2 Å². The standard InChI is InChI=1S/C15H11F3O3/c1-9-12(14(19)20)3-2-4-13(9)21-11-7-5-10(6-8-11)15(16,17)18/h2-8H,1H3,(H,19,20). The fourth-order valence-corrected chi connectivity index (χ4v) is 1.80. The van der Waals surface area contributed by atoms with Gasteiger partial charge in [-0.1, -0.05) is 6.07 Å².